The van der Waals surface area contributed by atoms with Crippen molar-refractivity contribution in [2.75, 3.05) is 0 Å². The summed E-state index contributed by atoms with van der Waals surface area (Å²) in [6, 6.07) is 9.56. The summed E-state index contributed by atoms with van der Waals surface area (Å²) >= 11 is 1.14. The maximum absolute atomic E-state index is 11.9. The van der Waals surface area contributed by atoms with Gasteiger partial charge < -0.3 is 11.1 Å². The van der Waals surface area contributed by atoms with Crippen molar-refractivity contribution >= 4 is 28.7 Å². The number of nitrogens with zero attached hydrogens (tertiary/aromatic N) is 1. The van der Waals surface area contributed by atoms with E-state index in [1.807, 2.05) is 37.3 Å². The Bertz CT molecular complexity index is 516. The van der Waals surface area contributed by atoms with Crippen LogP contribution in [0.3, 0.4) is 0 Å². The van der Waals surface area contributed by atoms with E-state index < -0.39 is 5.25 Å². The van der Waals surface area contributed by atoms with Crippen LogP contribution in [0.1, 0.15) is 24.9 Å². The summed E-state index contributed by atoms with van der Waals surface area (Å²) in [6.07, 6.45) is 0.102. The molecule has 19 heavy (non-hydrogen) atoms. The van der Waals surface area contributed by atoms with Crippen molar-refractivity contribution in [2.45, 2.75) is 24.6 Å². The SMILES string of the molecule is C[C@@H](NC(=O)C[C@H]1SC(N)=NC1=O)c1ccccc1. The molecule has 2 rings (SSSR count). The monoisotopic (exact) mass is 277 g/mol. The van der Waals surface area contributed by atoms with Gasteiger partial charge in [0, 0.05) is 6.42 Å². The molecule has 0 spiro atoms. The van der Waals surface area contributed by atoms with Gasteiger partial charge in [-0.2, -0.15) is 4.99 Å². The molecule has 2 atom stereocenters. The Hall–Kier alpha value is -1.82. The topological polar surface area (TPSA) is 84.6 Å². The molecule has 0 aromatic heterocycles. The normalized spacial score (nSPS) is 19.9. The van der Waals surface area contributed by atoms with Gasteiger partial charge in [0.15, 0.2) is 5.17 Å². The van der Waals surface area contributed by atoms with E-state index in [1.54, 1.807) is 0 Å². The Kier molecular flexibility index (Phi) is 4.21. The minimum atomic E-state index is -0.483. The lowest BCUT2D eigenvalue weighted by Gasteiger charge is -2.15. The number of hydrogen-bond acceptors (Lipinski definition) is 4. The second-order valence-electron chi connectivity index (χ2n) is 4.30. The van der Waals surface area contributed by atoms with Crippen LogP contribution in [0.4, 0.5) is 0 Å². The average molecular weight is 277 g/mol. The van der Waals surface area contributed by atoms with Crippen LogP contribution in [0.2, 0.25) is 0 Å². The Morgan fingerprint density at radius 2 is 2.16 bits per heavy atom. The summed E-state index contributed by atoms with van der Waals surface area (Å²) in [7, 11) is 0. The maximum Gasteiger partial charge on any atom is 0.262 e. The molecule has 3 N–H and O–H groups in total. The number of carbonyl (C=O) groups is 2. The highest BCUT2D eigenvalue weighted by Gasteiger charge is 2.29. The summed E-state index contributed by atoms with van der Waals surface area (Å²) in [5.74, 6) is -0.503. The minimum absolute atomic E-state index is 0.0894. The summed E-state index contributed by atoms with van der Waals surface area (Å²) in [6.45, 7) is 1.90. The number of aliphatic imine (C=N–C) groups is 1. The van der Waals surface area contributed by atoms with Gasteiger partial charge in [-0.05, 0) is 12.5 Å². The third kappa shape index (κ3) is 3.57. The lowest BCUT2D eigenvalue weighted by Crippen LogP contribution is -2.30. The standard InChI is InChI=1S/C13H15N3O2S/c1-8(9-5-3-2-4-6-9)15-11(17)7-10-12(18)16-13(14)19-10/h2-6,8,10H,7H2,1H3,(H,15,17)(H2,14,16,18)/t8-,10-/m1/s1. The van der Waals surface area contributed by atoms with Gasteiger partial charge in [-0.15, -0.1) is 0 Å². The van der Waals surface area contributed by atoms with E-state index in [1.165, 1.54) is 0 Å². The Morgan fingerprint density at radius 1 is 1.47 bits per heavy atom. The molecule has 0 fully saturated rings. The van der Waals surface area contributed by atoms with E-state index in [9.17, 15) is 9.59 Å². The van der Waals surface area contributed by atoms with Crippen molar-refractivity contribution in [2.24, 2.45) is 10.7 Å². The first-order valence-electron chi connectivity index (χ1n) is 5.95. The van der Waals surface area contributed by atoms with E-state index >= 15 is 0 Å². The number of carbonyl (C=O) groups excluding carboxylic acids is 2. The lowest BCUT2D eigenvalue weighted by atomic mass is 10.1. The molecule has 0 unspecified atom stereocenters. The number of nitrogens with two attached hydrogens (primary N) is 1. The van der Waals surface area contributed by atoms with Gasteiger partial charge in [0.05, 0.1) is 6.04 Å². The van der Waals surface area contributed by atoms with Crippen LogP contribution in [0.25, 0.3) is 0 Å². The van der Waals surface area contributed by atoms with Gasteiger partial charge in [-0.1, -0.05) is 42.1 Å². The zero-order chi connectivity index (χ0) is 13.8. The Morgan fingerprint density at radius 3 is 2.74 bits per heavy atom. The summed E-state index contributed by atoms with van der Waals surface area (Å²) < 4.78 is 0. The van der Waals surface area contributed by atoms with E-state index in [0.29, 0.717) is 0 Å². The molecule has 100 valence electrons. The number of nitrogens with one attached hydrogen (secondary N) is 1. The van der Waals surface area contributed by atoms with E-state index in [0.717, 1.165) is 17.3 Å². The molecular weight excluding hydrogens is 262 g/mol. The highest BCUT2D eigenvalue weighted by Crippen LogP contribution is 2.23. The van der Waals surface area contributed by atoms with Crippen molar-refractivity contribution in [3.05, 3.63) is 35.9 Å². The summed E-state index contributed by atoms with van der Waals surface area (Å²) in [5, 5.41) is 2.61. The smallest absolute Gasteiger partial charge is 0.262 e. The second-order valence-corrected chi connectivity index (χ2v) is 5.52. The fourth-order valence-electron chi connectivity index (χ4n) is 1.83. The third-order valence-corrected chi connectivity index (χ3v) is 3.79. The molecule has 1 aliphatic heterocycles. The largest absolute Gasteiger partial charge is 0.378 e. The van der Waals surface area contributed by atoms with Crippen LogP contribution < -0.4 is 11.1 Å². The first-order chi connectivity index (χ1) is 9.06. The second kappa shape index (κ2) is 5.88. The first-order valence-corrected chi connectivity index (χ1v) is 6.83. The molecule has 0 aliphatic carbocycles. The third-order valence-electron chi connectivity index (χ3n) is 2.81. The molecule has 0 saturated heterocycles. The molecule has 0 radical (unpaired) electrons. The molecule has 1 aromatic carbocycles. The van der Waals surface area contributed by atoms with Gasteiger partial charge >= 0.3 is 0 Å². The van der Waals surface area contributed by atoms with E-state index in [4.69, 9.17) is 5.73 Å². The zero-order valence-corrected chi connectivity index (χ0v) is 11.3. The zero-order valence-electron chi connectivity index (χ0n) is 10.5. The summed E-state index contributed by atoms with van der Waals surface area (Å²) in [4.78, 5) is 26.9. The molecule has 0 saturated carbocycles. The first kappa shape index (κ1) is 13.6. The van der Waals surface area contributed by atoms with Crippen LogP contribution in [0.15, 0.2) is 35.3 Å². The van der Waals surface area contributed by atoms with Gasteiger partial charge in [0.25, 0.3) is 5.91 Å². The van der Waals surface area contributed by atoms with Crippen LogP contribution in [-0.4, -0.2) is 22.2 Å². The fraction of sp³-hybridized carbons (Fsp3) is 0.308. The predicted molar refractivity (Wildman–Crippen MR) is 75.6 cm³/mol. The summed E-state index contributed by atoms with van der Waals surface area (Å²) in [5.41, 5.74) is 6.47. The number of rotatable bonds is 4. The number of benzene rings is 1. The number of hydrogen-bond donors (Lipinski definition) is 2. The molecule has 1 aromatic rings. The number of amides is 2. The molecule has 1 heterocycles. The Labute approximate surface area is 115 Å². The quantitative estimate of drug-likeness (QED) is 0.866. The van der Waals surface area contributed by atoms with Gasteiger partial charge in [0.2, 0.25) is 5.91 Å². The molecule has 0 bridgehead atoms. The molecule has 5 nitrogen and oxygen atoms in total. The fourth-order valence-corrected chi connectivity index (χ4v) is 2.65. The van der Waals surface area contributed by atoms with Gasteiger partial charge in [-0.25, -0.2) is 0 Å². The molecular formula is C13H15N3O2S. The molecule has 2 amide bonds. The van der Waals surface area contributed by atoms with E-state index in [-0.39, 0.29) is 29.4 Å². The minimum Gasteiger partial charge on any atom is -0.378 e. The van der Waals surface area contributed by atoms with Crippen LogP contribution in [-0.2, 0) is 9.59 Å². The van der Waals surface area contributed by atoms with Crippen molar-refractivity contribution in [3.63, 3.8) is 0 Å². The number of thioether (sulfide) groups is 1. The number of amidine groups is 1. The highest BCUT2D eigenvalue weighted by atomic mass is 32.2. The predicted octanol–water partition coefficient (Wildman–Crippen LogP) is 1.21. The van der Waals surface area contributed by atoms with Crippen LogP contribution in [0, 0.1) is 0 Å². The molecule has 6 heteroatoms. The van der Waals surface area contributed by atoms with Crippen LogP contribution in [0.5, 0.6) is 0 Å². The van der Waals surface area contributed by atoms with Gasteiger partial charge in [-0.3, -0.25) is 9.59 Å². The highest BCUT2D eigenvalue weighted by molar-refractivity contribution is 8.15. The lowest BCUT2D eigenvalue weighted by molar-refractivity contribution is -0.124. The van der Waals surface area contributed by atoms with Crippen molar-refractivity contribution < 1.29 is 9.59 Å². The molecule has 1 aliphatic rings. The van der Waals surface area contributed by atoms with Gasteiger partial charge in [0.1, 0.15) is 5.25 Å². The maximum atomic E-state index is 11.9. The van der Waals surface area contributed by atoms with Crippen molar-refractivity contribution in [1.82, 2.24) is 5.32 Å². The van der Waals surface area contributed by atoms with Crippen LogP contribution >= 0.6 is 11.8 Å². The van der Waals surface area contributed by atoms with E-state index in [2.05, 4.69) is 10.3 Å². The average Bonchev–Trinajstić information content (AvgIpc) is 2.68. The van der Waals surface area contributed by atoms with Crippen molar-refractivity contribution in [1.29, 1.82) is 0 Å². The van der Waals surface area contributed by atoms with Crippen molar-refractivity contribution in [3.8, 4) is 0 Å². The Balaban J connectivity index is 1.87.